The number of aryl methyl sites for hydroxylation is 3. The van der Waals surface area contributed by atoms with Crippen LogP contribution in [0, 0.1) is 26.7 Å². The summed E-state index contributed by atoms with van der Waals surface area (Å²) in [7, 11) is 0. The highest BCUT2D eigenvalue weighted by Gasteiger charge is 2.08. The molecule has 0 aliphatic carbocycles. The number of hydrogen-bond acceptors (Lipinski definition) is 1. The fraction of sp³-hybridized carbons (Fsp3) is 0.417. The van der Waals surface area contributed by atoms with Gasteiger partial charge >= 0.3 is 0 Å². The SMILES string of the molecule is C[C](CO)c1cc(C)c(C)cc1C. The normalized spacial score (nSPS) is 10.9. The van der Waals surface area contributed by atoms with Crippen molar-refractivity contribution in [3.8, 4) is 0 Å². The first-order valence-electron chi connectivity index (χ1n) is 4.57. The molecule has 0 unspecified atom stereocenters. The predicted octanol–water partition coefficient (Wildman–Crippen LogP) is 2.55. The lowest BCUT2D eigenvalue weighted by molar-refractivity contribution is 0.314. The summed E-state index contributed by atoms with van der Waals surface area (Å²) < 4.78 is 0. The molecule has 1 radical (unpaired) electrons. The van der Waals surface area contributed by atoms with Gasteiger partial charge in [0, 0.05) is 5.92 Å². The molecule has 0 spiro atoms. The Morgan fingerprint density at radius 1 is 1.08 bits per heavy atom. The minimum absolute atomic E-state index is 0.142. The van der Waals surface area contributed by atoms with Crippen molar-refractivity contribution in [2.24, 2.45) is 0 Å². The van der Waals surface area contributed by atoms with Gasteiger partial charge < -0.3 is 5.11 Å². The van der Waals surface area contributed by atoms with Gasteiger partial charge in [-0.3, -0.25) is 0 Å². The Morgan fingerprint density at radius 2 is 1.62 bits per heavy atom. The number of aliphatic hydroxyl groups is 1. The lowest BCUT2D eigenvalue weighted by Crippen LogP contribution is -2.03. The third-order valence-electron chi connectivity index (χ3n) is 2.54. The van der Waals surface area contributed by atoms with E-state index in [1.807, 2.05) is 6.92 Å². The second-order valence-corrected chi connectivity index (χ2v) is 3.69. The summed E-state index contributed by atoms with van der Waals surface area (Å²) in [6.45, 7) is 8.41. The molecular formula is C12H17O. The zero-order chi connectivity index (χ0) is 10.0. The summed E-state index contributed by atoms with van der Waals surface area (Å²) >= 11 is 0. The van der Waals surface area contributed by atoms with E-state index in [0.29, 0.717) is 0 Å². The number of aliphatic hydroxyl groups excluding tert-OH is 1. The van der Waals surface area contributed by atoms with Gasteiger partial charge in [0.25, 0.3) is 0 Å². The van der Waals surface area contributed by atoms with Crippen molar-refractivity contribution >= 4 is 0 Å². The molecule has 0 amide bonds. The quantitative estimate of drug-likeness (QED) is 0.736. The predicted molar refractivity (Wildman–Crippen MR) is 55.8 cm³/mol. The number of rotatable bonds is 2. The second-order valence-electron chi connectivity index (χ2n) is 3.69. The van der Waals surface area contributed by atoms with Gasteiger partial charge in [-0.25, -0.2) is 0 Å². The van der Waals surface area contributed by atoms with Gasteiger partial charge in [-0.05, 0) is 43.0 Å². The minimum atomic E-state index is 0.142. The Balaban J connectivity index is 3.15. The third kappa shape index (κ3) is 2.10. The lowest BCUT2D eigenvalue weighted by Gasteiger charge is -2.13. The van der Waals surface area contributed by atoms with Crippen LogP contribution in [0.4, 0.5) is 0 Å². The van der Waals surface area contributed by atoms with Crippen LogP contribution in [0.2, 0.25) is 0 Å². The van der Waals surface area contributed by atoms with Crippen molar-refractivity contribution in [1.82, 2.24) is 0 Å². The molecular weight excluding hydrogens is 160 g/mol. The smallest absolute Gasteiger partial charge is 0.0534 e. The van der Waals surface area contributed by atoms with Crippen LogP contribution in [0.3, 0.4) is 0 Å². The van der Waals surface area contributed by atoms with Crippen LogP contribution in [0.25, 0.3) is 0 Å². The van der Waals surface area contributed by atoms with Gasteiger partial charge in [0.05, 0.1) is 6.61 Å². The molecule has 0 heterocycles. The van der Waals surface area contributed by atoms with Gasteiger partial charge in [0.15, 0.2) is 0 Å². The Labute approximate surface area is 80.4 Å². The van der Waals surface area contributed by atoms with Gasteiger partial charge in [-0.2, -0.15) is 0 Å². The van der Waals surface area contributed by atoms with Gasteiger partial charge in [-0.15, -0.1) is 0 Å². The first kappa shape index (κ1) is 10.3. The molecule has 13 heavy (non-hydrogen) atoms. The molecule has 0 atom stereocenters. The van der Waals surface area contributed by atoms with Crippen LogP contribution in [0.5, 0.6) is 0 Å². The molecule has 0 aliphatic rings. The molecule has 71 valence electrons. The molecule has 1 aromatic carbocycles. The Hall–Kier alpha value is -0.820. The van der Waals surface area contributed by atoms with Gasteiger partial charge in [-0.1, -0.05) is 19.1 Å². The summed E-state index contributed by atoms with van der Waals surface area (Å²) in [6, 6.07) is 4.32. The van der Waals surface area contributed by atoms with Gasteiger partial charge in [0.2, 0.25) is 0 Å². The van der Waals surface area contributed by atoms with E-state index in [-0.39, 0.29) is 6.61 Å². The Kier molecular flexibility index (Phi) is 3.10. The van der Waals surface area contributed by atoms with E-state index >= 15 is 0 Å². The first-order chi connectivity index (χ1) is 6.06. The zero-order valence-corrected chi connectivity index (χ0v) is 8.81. The molecule has 0 aliphatic heterocycles. The maximum atomic E-state index is 9.04. The molecule has 0 saturated carbocycles. The topological polar surface area (TPSA) is 20.2 Å². The van der Waals surface area contributed by atoms with E-state index in [9.17, 15) is 0 Å². The highest BCUT2D eigenvalue weighted by Crippen LogP contribution is 2.21. The van der Waals surface area contributed by atoms with E-state index in [4.69, 9.17) is 5.11 Å². The van der Waals surface area contributed by atoms with Crippen molar-refractivity contribution < 1.29 is 5.11 Å². The summed E-state index contributed by atoms with van der Waals surface area (Å²) in [5.41, 5.74) is 5.03. The monoisotopic (exact) mass is 177 g/mol. The van der Waals surface area contributed by atoms with E-state index in [1.165, 1.54) is 22.3 Å². The van der Waals surface area contributed by atoms with Crippen LogP contribution in [0.1, 0.15) is 29.2 Å². The number of hydrogen-bond donors (Lipinski definition) is 1. The van der Waals surface area contributed by atoms with Crippen molar-refractivity contribution in [3.63, 3.8) is 0 Å². The minimum Gasteiger partial charge on any atom is -0.395 e. The van der Waals surface area contributed by atoms with Gasteiger partial charge in [0.1, 0.15) is 0 Å². The third-order valence-corrected chi connectivity index (χ3v) is 2.54. The highest BCUT2D eigenvalue weighted by atomic mass is 16.3. The van der Waals surface area contributed by atoms with Crippen molar-refractivity contribution in [3.05, 3.63) is 40.3 Å². The second kappa shape index (κ2) is 3.93. The van der Waals surface area contributed by atoms with E-state index in [0.717, 1.165) is 5.92 Å². The fourth-order valence-electron chi connectivity index (χ4n) is 1.51. The molecule has 1 rings (SSSR count). The van der Waals surface area contributed by atoms with E-state index < -0.39 is 0 Å². The molecule has 1 aromatic rings. The number of benzene rings is 1. The first-order valence-corrected chi connectivity index (χ1v) is 4.57. The Bertz CT molecular complexity index is 302. The summed E-state index contributed by atoms with van der Waals surface area (Å²) in [5, 5.41) is 9.04. The van der Waals surface area contributed by atoms with Crippen LogP contribution in [0.15, 0.2) is 12.1 Å². The molecule has 1 heteroatoms. The molecule has 1 nitrogen and oxygen atoms in total. The fourth-order valence-corrected chi connectivity index (χ4v) is 1.51. The zero-order valence-electron chi connectivity index (χ0n) is 8.81. The average molecular weight is 177 g/mol. The van der Waals surface area contributed by atoms with Crippen LogP contribution in [-0.4, -0.2) is 11.7 Å². The van der Waals surface area contributed by atoms with Crippen LogP contribution < -0.4 is 0 Å². The summed E-state index contributed by atoms with van der Waals surface area (Å²) in [6.07, 6.45) is 0. The van der Waals surface area contributed by atoms with Crippen molar-refractivity contribution in [1.29, 1.82) is 0 Å². The molecule has 0 fully saturated rings. The van der Waals surface area contributed by atoms with Crippen LogP contribution in [-0.2, 0) is 0 Å². The molecule has 0 bridgehead atoms. The maximum absolute atomic E-state index is 9.04. The Morgan fingerprint density at radius 3 is 2.15 bits per heavy atom. The molecule has 0 saturated heterocycles. The summed E-state index contributed by atoms with van der Waals surface area (Å²) in [4.78, 5) is 0. The standard InChI is InChI=1S/C12H17O/c1-8-5-10(3)12(6-9(8)2)11(4)7-13/h5-6,13H,7H2,1-4H3. The van der Waals surface area contributed by atoms with Crippen LogP contribution >= 0.6 is 0 Å². The molecule has 0 aromatic heterocycles. The van der Waals surface area contributed by atoms with E-state index in [1.54, 1.807) is 0 Å². The van der Waals surface area contributed by atoms with E-state index in [2.05, 4.69) is 32.9 Å². The van der Waals surface area contributed by atoms with Crippen molar-refractivity contribution in [2.75, 3.05) is 6.61 Å². The average Bonchev–Trinajstić information content (AvgIpc) is 2.10. The van der Waals surface area contributed by atoms with Crippen molar-refractivity contribution in [2.45, 2.75) is 27.7 Å². The largest absolute Gasteiger partial charge is 0.395 e. The lowest BCUT2D eigenvalue weighted by atomic mass is 9.93. The maximum Gasteiger partial charge on any atom is 0.0534 e. The summed E-state index contributed by atoms with van der Waals surface area (Å²) in [5.74, 6) is 1.04. The molecule has 1 N–H and O–H groups in total. The highest BCUT2D eigenvalue weighted by molar-refractivity contribution is 5.43.